The van der Waals surface area contributed by atoms with Gasteiger partial charge in [0, 0.05) is 24.3 Å². The third-order valence-corrected chi connectivity index (χ3v) is 4.96. The Bertz CT molecular complexity index is 769. The molecule has 0 heterocycles. The van der Waals surface area contributed by atoms with Crippen molar-refractivity contribution in [1.82, 2.24) is 0 Å². The lowest BCUT2D eigenvalue weighted by Gasteiger charge is -2.21. The minimum absolute atomic E-state index is 0.0102. The van der Waals surface area contributed by atoms with Gasteiger partial charge in [-0.05, 0) is 54.7 Å². The second-order valence-corrected chi connectivity index (χ2v) is 6.61. The van der Waals surface area contributed by atoms with Crippen LogP contribution in [0.15, 0.2) is 48.5 Å². The maximum atomic E-state index is 12.6. The standard InChI is InChI=1S/C20H22N2O3/c1-22(19(23)15-2-3-16(12-15)20(24)25)18-10-6-14(7-11-18)13-4-8-17(21)9-5-13/h4-11,15-16H,2-3,12,21H2,1H3,(H,24,25). The molecule has 0 spiro atoms. The molecule has 2 aromatic carbocycles. The molecule has 1 fully saturated rings. The van der Waals surface area contributed by atoms with Crippen LogP contribution in [0.25, 0.3) is 11.1 Å². The molecule has 25 heavy (non-hydrogen) atoms. The summed E-state index contributed by atoms with van der Waals surface area (Å²) >= 11 is 0. The van der Waals surface area contributed by atoms with Gasteiger partial charge in [-0.2, -0.15) is 0 Å². The van der Waals surface area contributed by atoms with Gasteiger partial charge in [0.2, 0.25) is 5.91 Å². The molecule has 130 valence electrons. The summed E-state index contributed by atoms with van der Waals surface area (Å²) in [5.74, 6) is -1.41. The van der Waals surface area contributed by atoms with Crippen LogP contribution in [-0.4, -0.2) is 24.0 Å². The maximum Gasteiger partial charge on any atom is 0.306 e. The van der Waals surface area contributed by atoms with Crippen molar-refractivity contribution < 1.29 is 14.7 Å². The zero-order valence-corrected chi connectivity index (χ0v) is 14.2. The molecule has 5 heteroatoms. The van der Waals surface area contributed by atoms with Crippen molar-refractivity contribution in [3.05, 3.63) is 48.5 Å². The second-order valence-electron chi connectivity index (χ2n) is 6.61. The number of hydrogen-bond donors (Lipinski definition) is 2. The van der Waals surface area contributed by atoms with E-state index in [2.05, 4.69) is 0 Å². The highest BCUT2D eigenvalue weighted by atomic mass is 16.4. The lowest BCUT2D eigenvalue weighted by Crippen LogP contribution is -2.32. The van der Waals surface area contributed by atoms with Crippen molar-refractivity contribution in [1.29, 1.82) is 0 Å². The summed E-state index contributed by atoms with van der Waals surface area (Å²) in [6, 6.07) is 15.4. The van der Waals surface area contributed by atoms with E-state index in [1.165, 1.54) is 0 Å². The Balaban J connectivity index is 1.70. The summed E-state index contributed by atoms with van der Waals surface area (Å²) in [4.78, 5) is 25.3. The minimum atomic E-state index is -0.800. The Morgan fingerprint density at radius 2 is 1.48 bits per heavy atom. The zero-order chi connectivity index (χ0) is 18.0. The fourth-order valence-electron chi connectivity index (χ4n) is 3.38. The Morgan fingerprint density at radius 3 is 2.00 bits per heavy atom. The van der Waals surface area contributed by atoms with Gasteiger partial charge < -0.3 is 15.7 Å². The van der Waals surface area contributed by atoms with Crippen LogP contribution in [0.3, 0.4) is 0 Å². The van der Waals surface area contributed by atoms with E-state index in [-0.39, 0.29) is 11.8 Å². The smallest absolute Gasteiger partial charge is 0.306 e. The third kappa shape index (κ3) is 3.65. The van der Waals surface area contributed by atoms with Gasteiger partial charge in [0.15, 0.2) is 0 Å². The zero-order valence-electron chi connectivity index (χ0n) is 14.2. The van der Waals surface area contributed by atoms with Crippen molar-refractivity contribution in [2.24, 2.45) is 11.8 Å². The highest BCUT2D eigenvalue weighted by Crippen LogP contribution is 2.33. The Labute approximate surface area is 147 Å². The summed E-state index contributed by atoms with van der Waals surface area (Å²) in [5, 5.41) is 9.09. The molecular formula is C20H22N2O3. The summed E-state index contributed by atoms with van der Waals surface area (Å²) < 4.78 is 0. The average molecular weight is 338 g/mol. The number of nitrogens with zero attached hydrogens (tertiary/aromatic N) is 1. The van der Waals surface area contributed by atoms with Gasteiger partial charge in [-0.3, -0.25) is 9.59 Å². The number of rotatable bonds is 4. The van der Waals surface area contributed by atoms with Crippen LogP contribution in [0.1, 0.15) is 19.3 Å². The van der Waals surface area contributed by atoms with Crippen molar-refractivity contribution in [3.8, 4) is 11.1 Å². The number of anilines is 2. The van der Waals surface area contributed by atoms with E-state index < -0.39 is 11.9 Å². The molecule has 3 rings (SSSR count). The number of carbonyl (C=O) groups excluding carboxylic acids is 1. The molecule has 0 radical (unpaired) electrons. The minimum Gasteiger partial charge on any atom is -0.481 e. The third-order valence-electron chi connectivity index (χ3n) is 4.96. The van der Waals surface area contributed by atoms with E-state index >= 15 is 0 Å². The molecule has 5 nitrogen and oxygen atoms in total. The summed E-state index contributed by atoms with van der Waals surface area (Å²) in [6.45, 7) is 0. The van der Waals surface area contributed by atoms with Crippen molar-refractivity contribution in [2.45, 2.75) is 19.3 Å². The van der Waals surface area contributed by atoms with E-state index in [0.717, 1.165) is 22.5 Å². The van der Waals surface area contributed by atoms with Crippen molar-refractivity contribution in [3.63, 3.8) is 0 Å². The highest BCUT2D eigenvalue weighted by molar-refractivity contribution is 5.95. The number of benzene rings is 2. The van der Waals surface area contributed by atoms with Gasteiger partial charge in [-0.15, -0.1) is 0 Å². The fraction of sp³-hybridized carbons (Fsp3) is 0.300. The molecular weight excluding hydrogens is 316 g/mol. The number of hydrogen-bond acceptors (Lipinski definition) is 3. The predicted octanol–water partition coefficient (Wildman–Crippen LogP) is 3.40. The molecule has 1 aliphatic carbocycles. The normalized spacial score (nSPS) is 19.6. The second kappa shape index (κ2) is 6.97. The van der Waals surface area contributed by atoms with E-state index in [1.807, 2.05) is 48.5 Å². The fourth-order valence-corrected chi connectivity index (χ4v) is 3.38. The number of nitrogens with two attached hydrogens (primary N) is 1. The van der Waals surface area contributed by atoms with E-state index in [9.17, 15) is 9.59 Å². The summed E-state index contributed by atoms with van der Waals surface area (Å²) in [5.41, 5.74) is 9.36. The first-order chi connectivity index (χ1) is 12.0. The number of amides is 1. The van der Waals surface area contributed by atoms with Crippen LogP contribution >= 0.6 is 0 Å². The topological polar surface area (TPSA) is 83.6 Å². The van der Waals surface area contributed by atoms with E-state index in [0.29, 0.717) is 19.3 Å². The van der Waals surface area contributed by atoms with Gasteiger partial charge in [0.05, 0.1) is 5.92 Å². The van der Waals surface area contributed by atoms with Crippen molar-refractivity contribution >= 4 is 23.3 Å². The first-order valence-electron chi connectivity index (χ1n) is 8.42. The molecule has 0 aromatic heterocycles. The number of aliphatic carboxylic acids is 1. The molecule has 2 atom stereocenters. The van der Waals surface area contributed by atoms with Gasteiger partial charge >= 0.3 is 5.97 Å². The Morgan fingerprint density at radius 1 is 0.960 bits per heavy atom. The van der Waals surface area contributed by atoms with Crippen LogP contribution in [0.2, 0.25) is 0 Å². The van der Waals surface area contributed by atoms with Crippen LogP contribution in [-0.2, 0) is 9.59 Å². The number of carbonyl (C=O) groups is 2. The quantitative estimate of drug-likeness (QED) is 0.837. The van der Waals surface area contributed by atoms with Gasteiger partial charge in [0.25, 0.3) is 0 Å². The first kappa shape index (κ1) is 17.0. The molecule has 2 unspecified atom stereocenters. The lowest BCUT2D eigenvalue weighted by molar-refractivity contribution is -0.141. The Kier molecular flexibility index (Phi) is 4.74. The van der Waals surface area contributed by atoms with Crippen molar-refractivity contribution in [2.75, 3.05) is 17.7 Å². The number of carboxylic acids is 1. The highest BCUT2D eigenvalue weighted by Gasteiger charge is 2.35. The SMILES string of the molecule is CN(C(=O)C1CCC(C(=O)O)C1)c1ccc(-c2ccc(N)cc2)cc1. The maximum absolute atomic E-state index is 12.6. The van der Waals surface area contributed by atoms with Crippen LogP contribution < -0.4 is 10.6 Å². The molecule has 3 N–H and O–H groups in total. The lowest BCUT2D eigenvalue weighted by atomic mass is 10.0. The van der Waals surface area contributed by atoms with Crippen LogP contribution in [0.5, 0.6) is 0 Å². The van der Waals surface area contributed by atoms with E-state index in [1.54, 1.807) is 11.9 Å². The number of carboxylic acid groups (broad SMARTS) is 1. The van der Waals surface area contributed by atoms with Gasteiger partial charge in [-0.1, -0.05) is 24.3 Å². The predicted molar refractivity (Wildman–Crippen MR) is 98.2 cm³/mol. The van der Waals surface area contributed by atoms with Gasteiger partial charge in [0.1, 0.15) is 0 Å². The number of nitrogen functional groups attached to an aromatic ring is 1. The molecule has 0 aliphatic heterocycles. The molecule has 1 amide bonds. The van der Waals surface area contributed by atoms with Gasteiger partial charge in [-0.25, -0.2) is 0 Å². The molecule has 1 aliphatic rings. The van der Waals surface area contributed by atoms with Crippen LogP contribution in [0, 0.1) is 11.8 Å². The summed E-state index contributed by atoms with van der Waals surface area (Å²) in [6.07, 6.45) is 1.65. The monoisotopic (exact) mass is 338 g/mol. The van der Waals surface area contributed by atoms with E-state index in [4.69, 9.17) is 10.8 Å². The average Bonchev–Trinajstić information content (AvgIpc) is 3.12. The van der Waals surface area contributed by atoms with Crippen LogP contribution in [0.4, 0.5) is 11.4 Å². The molecule has 0 saturated heterocycles. The Hall–Kier alpha value is -2.82. The molecule has 0 bridgehead atoms. The summed E-state index contributed by atoms with van der Waals surface area (Å²) in [7, 11) is 1.74. The largest absolute Gasteiger partial charge is 0.481 e. The molecule has 2 aromatic rings. The first-order valence-corrected chi connectivity index (χ1v) is 8.42. The molecule has 1 saturated carbocycles.